The molecule has 0 unspecified atom stereocenters. The Bertz CT molecular complexity index is 186. The van der Waals surface area contributed by atoms with E-state index in [4.69, 9.17) is 4.74 Å². The smallest absolute Gasteiger partial charge is 0.676 e. The molecular weight excluding hydrogens is 399 g/mol. The van der Waals surface area contributed by atoms with Crippen molar-refractivity contribution in [2.75, 3.05) is 13.7 Å². The van der Waals surface area contributed by atoms with Gasteiger partial charge in [0.05, 0.1) is 0 Å². The Morgan fingerprint density at radius 1 is 0.955 bits per heavy atom. The molecule has 1 rings (SSSR count). The van der Waals surface area contributed by atoms with Gasteiger partial charge in [0.15, 0.2) is 0 Å². The van der Waals surface area contributed by atoms with Crippen LogP contribution in [0.2, 0.25) is 0 Å². The van der Waals surface area contributed by atoms with Crippen molar-refractivity contribution in [3.8, 4) is 0 Å². The molecule has 0 heterocycles. The van der Waals surface area contributed by atoms with Crippen LogP contribution in [0.15, 0.2) is 0 Å². The van der Waals surface area contributed by atoms with Gasteiger partial charge in [-0.05, 0) is 12.3 Å². The third kappa shape index (κ3) is 21.1. The van der Waals surface area contributed by atoms with E-state index in [1.165, 1.54) is 32.1 Å². The molecule has 22 heavy (non-hydrogen) atoms. The predicted octanol–water partition coefficient (Wildman–Crippen LogP) is 5.95. The summed E-state index contributed by atoms with van der Waals surface area (Å²) in [6.07, 6.45) is 7.26. The van der Waals surface area contributed by atoms with Crippen LogP contribution < -0.4 is 0 Å². The van der Waals surface area contributed by atoms with E-state index in [1.54, 1.807) is 14.0 Å². The van der Waals surface area contributed by atoms with Crippen molar-refractivity contribution in [3.05, 3.63) is 17.6 Å². The number of nitrogens with zero attached hydrogens (tertiary/aromatic N) is 2. The first kappa shape index (κ1) is 27.9. The van der Waals surface area contributed by atoms with Gasteiger partial charge in [-0.25, -0.2) is 6.17 Å². The molecule has 0 aromatic heterocycles. The van der Waals surface area contributed by atoms with E-state index in [9.17, 15) is 0 Å². The van der Waals surface area contributed by atoms with Crippen molar-refractivity contribution in [1.29, 1.82) is 0 Å². The first-order valence-electron chi connectivity index (χ1n) is 8.55. The van der Waals surface area contributed by atoms with Crippen LogP contribution in [-0.4, -0.2) is 32.0 Å². The maximum atomic E-state index is 5.00. The Kier molecular flexibility index (Phi) is 25.5. The van der Waals surface area contributed by atoms with Gasteiger partial charge in [0.25, 0.3) is 0 Å². The molecule has 3 nitrogen and oxygen atoms in total. The summed E-state index contributed by atoms with van der Waals surface area (Å²) in [7, 11) is 1.79. The fraction of sp³-hybridized carbons (Fsp3) is 0.944. The van der Waals surface area contributed by atoms with E-state index in [0.717, 1.165) is 12.5 Å². The van der Waals surface area contributed by atoms with Crippen LogP contribution in [-0.2, 0) is 4.74 Å². The molecule has 130 valence electrons. The fourth-order valence-electron chi connectivity index (χ4n) is 2.48. The standard InChI is InChI=1S/C8H18N2.C8H16O.C2H5.La/c1-6(2)9-8(5)10-7(3)4;1-9-7-6-8-4-2-3-5-8;1-2;/h6-8H,1-5H3;8H,2-7H2,1H3;1H2,2H3;/q-2;;-1;+3. The average Bonchev–Trinajstić information content (AvgIpc) is 2.90. The van der Waals surface area contributed by atoms with Crippen LogP contribution in [0.5, 0.6) is 0 Å². The van der Waals surface area contributed by atoms with Crippen molar-refractivity contribution in [3.63, 3.8) is 0 Å². The summed E-state index contributed by atoms with van der Waals surface area (Å²) < 4.78 is 5.00. The van der Waals surface area contributed by atoms with E-state index >= 15 is 0 Å². The molecule has 0 aromatic carbocycles. The molecule has 0 amide bonds. The summed E-state index contributed by atoms with van der Waals surface area (Å²) in [4.78, 5) is 0. The third-order valence-corrected chi connectivity index (χ3v) is 3.23. The van der Waals surface area contributed by atoms with E-state index < -0.39 is 0 Å². The first-order valence-corrected chi connectivity index (χ1v) is 8.55. The molecule has 0 aliphatic heterocycles. The minimum Gasteiger partial charge on any atom is -0.676 e. The number of ether oxygens (including phenoxy) is 1. The third-order valence-electron chi connectivity index (χ3n) is 3.23. The van der Waals surface area contributed by atoms with Crippen molar-refractivity contribution < 1.29 is 40.3 Å². The Hall–Kier alpha value is 1.07. The van der Waals surface area contributed by atoms with Gasteiger partial charge >= 0.3 is 35.6 Å². The number of methoxy groups -OCH3 is 1. The van der Waals surface area contributed by atoms with E-state index in [-0.39, 0.29) is 41.8 Å². The van der Waals surface area contributed by atoms with Gasteiger partial charge in [0.1, 0.15) is 0 Å². The SMILES string of the molecule is CC(C)[N-]C(C)[N-]C(C)C.COCCC1CCCC1.[CH2-]C.[La+3]. The molecule has 0 aromatic rings. The van der Waals surface area contributed by atoms with Gasteiger partial charge in [0, 0.05) is 13.7 Å². The maximum Gasteiger partial charge on any atom is 3.00 e. The molecule has 0 spiro atoms. The molecule has 0 bridgehead atoms. The zero-order chi connectivity index (χ0) is 16.7. The molecule has 1 saturated carbocycles. The summed E-state index contributed by atoms with van der Waals surface area (Å²) in [5.74, 6) is 0.991. The summed E-state index contributed by atoms with van der Waals surface area (Å²) in [6.45, 7) is 16.3. The Morgan fingerprint density at radius 2 is 1.36 bits per heavy atom. The second kappa shape index (κ2) is 20.1. The quantitative estimate of drug-likeness (QED) is 0.453. The minimum atomic E-state index is 0. The Morgan fingerprint density at radius 3 is 1.68 bits per heavy atom. The van der Waals surface area contributed by atoms with Crippen molar-refractivity contribution in [2.45, 2.75) is 91.9 Å². The van der Waals surface area contributed by atoms with Crippen LogP contribution in [0, 0.1) is 48.4 Å². The molecule has 0 saturated heterocycles. The zero-order valence-electron chi connectivity index (χ0n) is 16.1. The monoisotopic (exact) mass is 438 g/mol. The summed E-state index contributed by atoms with van der Waals surface area (Å²) in [6, 6.07) is 0.801. The molecule has 4 heteroatoms. The number of hydrogen-bond acceptors (Lipinski definition) is 1. The first-order chi connectivity index (χ1) is 9.95. The van der Waals surface area contributed by atoms with Crippen molar-refractivity contribution in [2.24, 2.45) is 5.92 Å². The van der Waals surface area contributed by atoms with Gasteiger partial charge in [-0.3, -0.25) is 0 Å². The van der Waals surface area contributed by atoms with Gasteiger partial charge in [-0.2, -0.15) is 6.92 Å². The minimum absolute atomic E-state index is 0. The topological polar surface area (TPSA) is 37.4 Å². The number of hydrogen-bond donors (Lipinski definition) is 0. The van der Waals surface area contributed by atoms with Gasteiger partial charge in [-0.15, -0.1) is 19.0 Å². The van der Waals surface area contributed by atoms with Crippen LogP contribution in [0.3, 0.4) is 0 Å². The van der Waals surface area contributed by atoms with Crippen molar-refractivity contribution >= 4 is 0 Å². The fourth-order valence-corrected chi connectivity index (χ4v) is 2.48. The van der Waals surface area contributed by atoms with Crippen LogP contribution in [0.4, 0.5) is 0 Å². The molecule has 0 radical (unpaired) electrons. The molecular formula is C18H39LaN2O. The van der Waals surface area contributed by atoms with Crippen molar-refractivity contribution in [1.82, 2.24) is 0 Å². The molecule has 1 aliphatic carbocycles. The summed E-state index contributed by atoms with van der Waals surface area (Å²) in [5.41, 5.74) is 0. The normalized spacial score (nSPS) is 14.3. The summed E-state index contributed by atoms with van der Waals surface area (Å²) in [5, 5.41) is 8.70. The average molecular weight is 438 g/mol. The molecule has 0 N–H and O–H groups in total. The van der Waals surface area contributed by atoms with Crippen LogP contribution >= 0.6 is 0 Å². The van der Waals surface area contributed by atoms with Gasteiger partial charge < -0.3 is 22.3 Å². The zero-order valence-corrected chi connectivity index (χ0v) is 19.8. The largest absolute Gasteiger partial charge is 3.00 e. The van der Waals surface area contributed by atoms with E-state index in [1.807, 2.05) is 6.92 Å². The summed E-state index contributed by atoms with van der Waals surface area (Å²) >= 11 is 0. The molecule has 1 aliphatic rings. The van der Waals surface area contributed by atoms with Crippen LogP contribution in [0.1, 0.15) is 73.6 Å². The van der Waals surface area contributed by atoms with Gasteiger partial charge in [-0.1, -0.05) is 53.4 Å². The van der Waals surface area contributed by atoms with Crippen LogP contribution in [0.25, 0.3) is 10.6 Å². The molecule has 0 atom stereocenters. The molecule has 1 fully saturated rings. The number of rotatable bonds is 7. The Balaban J connectivity index is -0.000000284. The second-order valence-corrected chi connectivity index (χ2v) is 6.05. The maximum absolute atomic E-state index is 5.00. The second-order valence-electron chi connectivity index (χ2n) is 6.05. The van der Waals surface area contributed by atoms with E-state index in [0.29, 0.717) is 12.1 Å². The van der Waals surface area contributed by atoms with E-state index in [2.05, 4.69) is 45.3 Å². The predicted molar refractivity (Wildman–Crippen MR) is 95.9 cm³/mol. The Labute approximate surface area is 168 Å². The van der Waals surface area contributed by atoms with Gasteiger partial charge in [0.2, 0.25) is 0 Å².